The van der Waals surface area contributed by atoms with Crippen LogP contribution >= 0.6 is 11.8 Å². The highest BCUT2D eigenvalue weighted by atomic mass is 32.2. The number of hydrogen-bond acceptors (Lipinski definition) is 4. The van der Waals surface area contributed by atoms with Gasteiger partial charge in [0.15, 0.2) is 5.17 Å². The van der Waals surface area contributed by atoms with E-state index in [-0.39, 0.29) is 18.2 Å². The minimum atomic E-state index is -0.460. The molecule has 0 aliphatic carbocycles. The largest absolute Gasteiger partial charge is 0.326 e. The van der Waals surface area contributed by atoms with Gasteiger partial charge in [0.05, 0.1) is 5.69 Å². The van der Waals surface area contributed by atoms with Crippen molar-refractivity contribution < 1.29 is 9.59 Å². The van der Waals surface area contributed by atoms with Crippen LogP contribution in [0.1, 0.15) is 12.0 Å². The Labute approximate surface area is 144 Å². The summed E-state index contributed by atoms with van der Waals surface area (Å²) in [6.45, 7) is 1.98. The van der Waals surface area contributed by atoms with Crippen LogP contribution in [0.3, 0.4) is 0 Å². The number of carbonyl (C=O) groups is 2. The van der Waals surface area contributed by atoms with Crippen molar-refractivity contribution in [2.45, 2.75) is 18.6 Å². The van der Waals surface area contributed by atoms with Crippen molar-refractivity contribution in [2.75, 3.05) is 5.32 Å². The molecule has 1 fully saturated rings. The molecule has 1 aliphatic rings. The fourth-order valence-corrected chi connectivity index (χ4v) is 3.22. The van der Waals surface area contributed by atoms with Gasteiger partial charge in [0.1, 0.15) is 5.25 Å². The summed E-state index contributed by atoms with van der Waals surface area (Å²) in [7, 11) is 0. The van der Waals surface area contributed by atoms with Crippen LogP contribution < -0.4 is 10.6 Å². The van der Waals surface area contributed by atoms with E-state index in [0.717, 1.165) is 16.9 Å². The Hall–Kier alpha value is -2.60. The monoisotopic (exact) mass is 339 g/mol. The molecule has 0 unspecified atom stereocenters. The molecule has 2 N–H and O–H groups in total. The number of para-hydroxylation sites is 1. The first-order valence-corrected chi connectivity index (χ1v) is 8.46. The predicted molar refractivity (Wildman–Crippen MR) is 97.5 cm³/mol. The molecule has 1 atom stereocenters. The Morgan fingerprint density at radius 3 is 2.58 bits per heavy atom. The lowest BCUT2D eigenvalue weighted by Crippen LogP contribution is -2.28. The van der Waals surface area contributed by atoms with Gasteiger partial charge in [0.2, 0.25) is 11.8 Å². The van der Waals surface area contributed by atoms with E-state index in [1.54, 1.807) is 0 Å². The first-order valence-electron chi connectivity index (χ1n) is 7.58. The molecule has 0 bridgehead atoms. The van der Waals surface area contributed by atoms with Crippen molar-refractivity contribution in [3.8, 4) is 0 Å². The highest BCUT2D eigenvalue weighted by Gasteiger charge is 2.32. The zero-order valence-corrected chi connectivity index (χ0v) is 14.0. The first kappa shape index (κ1) is 16.3. The van der Waals surface area contributed by atoms with Gasteiger partial charge in [-0.05, 0) is 31.2 Å². The maximum Gasteiger partial charge on any atom is 0.240 e. The third-order valence-corrected chi connectivity index (χ3v) is 4.55. The lowest BCUT2D eigenvalue weighted by atomic mass is 10.2. The standard InChI is InChI=1S/C18H17N3O2S/c1-12-7-9-14(10-8-12)19-16(22)11-15-17(23)21-18(24-15)20-13-5-3-2-4-6-13/h2-10,15H,11H2,1H3,(H,19,22)(H,20,21,23)/t15-/m1/s1. The summed E-state index contributed by atoms with van der Waals surface area (Å²) in [6, 6.07) is 16.9. The van der Waals surface area contributed by atoms with Gasteiger partial charge in [0, 0.05) is 12.1 Å². The second kappa shape index (κ2) is 7.31. The van der Waals surface area contributed by atoms with Crippen LogP contribution in [0.4, 0.5) is 11.4 Å². The number of hydrogen-bond donors (Lipinski definition) is 2. The molecular weight excluding hydrogens is 322 g/mol. The lowest BCUT2D eigenvalue weighted by Gasteiger charge is -2.07. The van der Waals surface area contributed by atoms with Crippen molar-refractivity contribution >= 4 is 40.1 Å². The Kier molecular flexibility index (Phi) is 4.96. The van der Waals surface area contributed by atoms with Gasteiger partial charge in [-0.25, -0.2) is 4.99 Å². The highest BCUT2D eigenvalue weighted by Crippen LogP contribution is 2.25. The van der Waals surface area contributed by atoms with Crippen LogP contribution in [-0.2, 0) is 9.59 Å². The van der Waals surface area contributed by atoms with Gasteiger partial charge >= 0.3 is 0 Å². The number of rotatable bonds is 4. The lowest BCUT2D eigenvalue weighted by molar-refractivity contribution is -0.122. The van der Waals surface area contributed by atoms with E-state index in [1.807, 2.05) is 61.5 Å². The van der Waals surface area contributed by atoms with Crippen LogP contribution in [0, 0.1) is 6.92 Å². The number of nitrogens with one attached hydrogen (secondary N) is 2. The molecule has 2 aromatic carbocycles. The van der Waals surface area contributed by atoms with Gasteiger partial charge in [-0.3, -0.25) is 9.59 Å². The number of amidine groups is 1. The van der Waals surface area contributed by atoms with Crippen LogP contribution in [0.5, 0.6) is 0 Å². The van der Waals surface area contributed by atoms with E-state index in [9.17, 15) is 9.59 Å². The molecule has 1 aliphatic heterocycles. The Balaban J connectivity index is 1.59. The summed E-state index contributed by atoms with van der Waals surface area (Å²) in [4.78, 5) is 28.5. The summed E-state index contributed by atoms with van der Waals surface area (Å²) in [5.41, 5.74) is 2.62. The molecule has 5 nitrogen and oxygen atoms in total. The summed E-state index contributed by atoms with van der Waals surface area (Å²) in [5, 5.41) is 5.60. The van der Waals surface area contributed by atoms with E-state index in [2.05, 4.69) is 15.6 Å². The quantitative estimate of drug-likeness (QED) is 0.898. The molecule has 1 saturated heterocycles. The van der Waals surface area contributed by atoms with E-state index in [0.29, 0.717) is 5.17 Å². The zero-order chi connectivity index (χ0) is 16.9. The maximum atomic E-state index is 12.1. The van der Waals surface area contributed by atoms with Crippen LogP contribution in [0.25, 0.3) is 0 Å². The molecule has 0 spiro atoms. The van der Waals surface area contributed by atoms with Gasteiger partial charge < -0.3 is 10.6 Å². The van der Waals surface area contributed by atoms with Gasteiger partial charge in [-0.15, -0.1) is 0 Å². The fraction of sp³-hybridized carbons (Fsp3) is 0.167. The first-order chi connectivity index (χ1) is 11.6. The van der Waals surface area contributed by atoms with Gasteiger partial charge in [0.25, 0.3) is 0 Å². The zero-order valence-electron chi connectivity index (χ0n) is 13.2. The normalized spacial score (nSPS) is 18.5. The van der Waals surface area contributed by atoms with E-state index in [1.165, 1.54) is 11.8 Å². The van der Waals surface area contributed by atoms with Crippen molar-refractivity contribution in [3.63, 3.8) is 0 Å². The minimum absolute atomic E-state index is 0.109. The molecule has 122 valence electrons. The molecule has 24 heavy (non-hydrogen) atoms. The second-order valence-corrected chi connectivity index (χ2v) is 6.66. The highest BCUT2D eigenvalue weighted by molar-refractivity contribution is 8.15. The van der Waals surface area contributed by atoms with E-state index < -0.39 is 5.25 Å². The topological polar surface area (TPSA) is 70.6 Å². The average Bonchev–Trinajstić information content (AvgIpc) is 2.90. The number of amides is 2. The molecule has 0 saturated carbocycles. The number of benzene rings is 2. The molecule has 1 heterocycles. The van der Waals surface area contributed by atoms with Crippen molar-refractivity contribution in [2.24, 2.45) is 4.99 Å². The number of nitrogens with zero attached hydrogens (tertiary/aromatic N) is 1. The van der Waals surface area contributed by atoms with Gasteiger partial charge in [-0.2, -0.15) is 0 Å². The average molecular weight is 339 g/mol. The Morgan fingerprint density at radius 1 is 1.17 bits per heavy atom. The molecular formula is C18H17N3O2S. The SMILES string of the molecule is Cc1ccc(NC(=O)C[C@H]2SC(=Nc3ccccc3)NC2=O)cc1. The Morgan fingerprint density at radius 2 is 1.88 bits per heavy atom. The molecule has 0 aromatic heterocycles. The molecule has 2 amide bonds. The predicted octanol–water partition coefficient (Wildman–Crippen LogP) is 3.24. The van der Waals surface area contributed by atoms with E-state index in [4.69, 9.17) is 0 Å². The molecule has 0 radical (unpaired) electrons. The van der Waals surface area contributed by atoms with Crippen molar-refractivity contribution in [1.82, 2.24) is 5.32 Å². The van der Waals surface area contributed by atoms with E-state index >= 15 is 0 Å². The molecule has 6 heteroatoms. The van der Waals surface area contributed by atoms with Gasteiger partial charge in [-0.1, -0.05) is 47.7 Å². The fourth-order valence-electron chi connectivity index (χ4n) is 2.23. The Bertz CT molecular complexity index is 773. The third kappa shape index (κ3) is 4.23. The third-order valence-electron chi connectivity index (χ3n) is 3.47. The van der Waals surface area contributed by atoms with Crippen molar-refractivity contribution in [1.29, 1.82) is 0 Å². The molecule has 2 aromatic rings. The second-order valence-electron chi connectivity index (χ2n) is 5.47. The summed E-state index contributed by atoms with van der Waals surface area (Å²) >= 11 is 1.28. The van der Waals surface area contributed by atoms with Crippen LogP contribution in [-0.4, -0.2) is 22.2 Å². The number of thioether (sulfide) groups is 1. The number of aryl methyl sites for hydroxylation is 1. The smallest absolute Gasteiger partial charge is 0.240 e. The number of aliphatic imine (C=N–C) groups is 1. The van der Waals surface area contributed by atoms with Crippen molar-refractivity contribution in [3.05, 3.63) is 60.2 Å². The van der Waals surface area contributed by atoms with Crippen LogP contribution in [0.15, 0.2) is 59.6 Å². The summed E-state index contributed by atoms with van der Waals surface area (Å²) < 4.78 is 0. The number of carbonyl (C=O) groups excluding carboxylic acids is 2. The number of anilines is 1. The minimum Gasteiger partial charge on any atom is -0.326 e. The molecule has 3 rings (SSSR count). The van der Waals surface area contributed by atoms with Crippen LogP contribution in [0.2, 0.25) is 0 Å². The summed E-state index contributed by atoms with van der Waals surface area (Å²) in [5.74, 6) is -0.374. The summed E-state index contributed by atoms with van der Waals surface area (Å²) in [6.07, 6.45) is 0.109. The maximum absolute atomic E-state index is 12.1.